The Kier molecular flexibility index (Phi) is 37.7. The zero-order valence-electron chi connectivity index (χ0n) is 33.6. The number of nitrogens with zero attached hydrogens (tertiary/aromatic N) is 1. The van der Waals surface area contributed by atoms with Gasteiger partial charge in [-0.2, -0.15) is 0 Å². The highest BCUT2D eigenvalue weighted by atomic mass is 15.1. The molecule has 1 nitrogen and oxygen atoms in total. The summed E-state index contributed by atoms with van der Waals surface area (Å²) in [4.78, 5) is 2.74. The molecule has 0 N–H and O–H groups in total. The van der Waals surface area contributed by atoms with E-state index in [1.54, 1.807) is 0 Å². The molecule has 0 heterocycles. The van der Waals surface area contributed by atoms with E-state index in [-0.39, 0.29) is 0 Å². The molecule has 0 aromatic heterocycles. The molecular weight excluding hydrogens is 555 g/mol. The van der Waals surface area contributed by atoms with Gasteiger partial charge in [-0.3, -0.25) is 0 Å². The molecule has 0 radical (unpaired) electrons. The summed E-state index contributed by atoms with van der Waals surface area (Å²) in [6.07, 6.45) is 48.2. The van der Waals surface area contributed by atoms with Crippen LogP contribution in [-0.4, -0.2) is 24.5 Å². The minimum absolute atomic E-state index is 0.871. The fourth-order valence-corrected chi connectivity index (χ4v) is 7.86. The lowest BCUT2D eigenvalue weighted by Crippen LogP contribution is -2.25. The first-order chi connectivity index (χ1) is 22.6. The summed E-state index contributed by atoms with van der Waals surface area (Å²) in [5.41, 5.74) is 0. The van der Waals surface area contributed by atoms with E-state index in [4.69, 9.17) is 0 Å². The number of hydrogen-bond donors (Lipinski definition) is 0. The van der Waals surface area contributed by atoms with Gasteiger partial charge in [-0.1, -0.05) is 241 Å². The quantitative estimate of drug-likeness (QED) is 0.0600. The summed E-state index contributed by atoms with van der Waals surface area (Å²) < 4.78 is 0. The van der Waals surface area contributed by atoms with Crippen molar-refractivity contribution in [1.29, 1.82) is 0 Å². The van der Waals surface area contributed by atoms with Crippen molar-refractivity contribution in [1.82, 2.24) is 4.90 Å². The minimum Gasteiger partial charge on any atom is -0.304 e. The first-order valence-electron chi connectivity index (χ1n) is 22.3. The van der Waals surface area contributed by atoms with Gasteiger partial charge in [-0.25, -0.2) is 0 Å². The molecule has 0 rings (SSSR count). The SMILES string of the molecule is CCCCCCCCC(CCCCCCCC)CCCCCCCN(CC)CCCCCCCC(CCCCCCCC)C(C)C. The average Bonchev–Trinajstić information content (AvgIpc) is 3.05. The van der Waals surface area contributed by atoms with Gasteiger partial charge in [0.1, 0.15) is 0 Å². The Bertz CT molecular complexity index is 525. The molecule has 1 unspecified atom stereocenters. The Balaban J connectivity index is 3.93. The summed E-state index contributed by atoms with van der Waals surface area (Å²) in [5, 5.41) is 0. The van der Waals surface area contributed by atoms with E-state index in [1.807, 2.05) is 0 Å². The van der Waals surface area contributed by atoms with Crippen LogP contribution < -0.4 is 0 Å². The molecular formula is C45H93N. The van der Waals surface area contributed by atoms with Crippen molar-refractivity contribution in [2.45, 2.75) is 253 Å². The van der Waals surface area contributed by atoms with Crippen LogP contribution in [-0.2, 0) is 0 Å². The van der Waals surface area contributed by atoms with Crippen LogP contribution >= 0.6 is 0 Å². The highest BCUT2D eigenvalue weighted by Gasteiger charge is 2.13. The summed E-state index contributed by atoms with van der Waals surface area (Å²) in [7, 11) is 0. The molecule has 0 bridgehead atoms. The van der Waals surface area contributed by atoms with Crippen molar-refractivity contribution < 1.29 is 0 Å². The van der Waals surface area contributed by atoms with Crippen LogP contribution in [0.3, 0.4) is 0 Å². The van der Waals surface area contributed by atoms with Crippen LogP contribution in [0.25, 0.3) is 0 Å². The maximum atomic E-state index is 2.74. The van der Waals surface area contributed by atoms with Gasteiger partial charge in [0, 0.05) is 0 Å². The van der Waals surface area contributed by atoms with Crippen molar-refractivity contribution in [3.05, 3.63) is 0 Å². The maximum Gasteiger partial charge on any atom is -0.00189 e. The fraction of sp³-hybridized carbons (Fsp3) is 1.00. The van der Waals surface area contributed by atoms with E-state index in [0.717, 1.165) is 17.8 Å². The predicted molar refractivity (Wildman–Crippen MR) is 213 cm³/mol. The molecule has 0 fully saturated rings. The van der Waals surface area contributed by atoms with Crippen molar-refractivity contribution in [2.75, 3.05) is 19.6 Å². The van der Waals surface area contributed by atoms with E-state index in [0.29, 0.717) is 0 Å². The largest absolute Gasteiger partial charge is 0.304 e. The number of rotatable bonds is 39. The third-order valence-electron chi connectivity index (χ3n) is 11.4. The molecule has 0 aliphatic rings. The second-order valence-electron chi connectivity index (χ2n) is 16.1. The van der Waals surface area contributed by atoms with E-state index in [9.17, 15) is 0 Å². The van der Waals surface area contributed by atoms with Gasteiger partial charge in [-0.15, -0.1) is 0 Å². The third-order valence-corrected chi connectivity index (χ3v) is 11.4. The molecule has 0 aliphatic carbocycles. The van der Waals surface area contributed by atoms with Crippen molar-refractivity contribution in [3.63, 3.8) is 0 Å². The van der Waals surface area contributed by atoms with Gasteiger partial charge < -0.3 is 4.90 Å². The van der Waals surface area contributed by atoms with Gasteiger partial charge in [-0.05, 0) is 50.2 Å². The van der Waals surface area contributed by atoms with Crippen LogP contribution in [0.2, 0.25) is 0 Å². The molecule has 0 amide bonds. The van der Waals surface area contributed by atoms with Crippen LogP contribution in [0, 0.1) is 17.8 Å². The Hall–Kier alpha value is -0.0400. The predicted octanol–water partition coefficient (Wildman–Crippen LogP) is 16.1. The van der Waals surface area contributed by atoms with Gasteiger partial charge in [0.25, 0.3) is 0 Å². The normalized spacial score (nSPS) is 12.7. The maximum absolute atomic E-state index is 2.74. The van der Waals surface area contributed by atoms with Crippen molar-refractivity contribution in [2.24, 2.45) is 17.8 Å². The molecule has 0 aromatic carbocycles. The molecule has 278 valence electrons. The highest BCUT2D eigenvalue weighted by Crippen LogP contribution is 2.26. The van der Waals surface area contributed by atoms with Crippen LogP contribution in [0.1, 0.15) is 253 Å². The topological polar surface area (TPSA) is 3.24 Å². The van der Waals surface area contributed by atoms with Crippen LogP contribution in [0.15, 0.2) is 0 Å². The summed E-state index contributed by atoms with van der Waals surface area (Å²) >= 11 is 0. The molecule has 46 heavy (non-hydrogen) atoms. The van der Waals surface area contributed by atoms with Gasteiger partial charge in [0.05, 0.1) is 0 Å². The second kappa shape index (κ2) is 37.8. The molecule has 0 saturated heterocycles. The Morgan fingerprint density at radius 2 is 0.609 bits per heavy atom. The first-order valence-corrected chi connectivity index (χ1v) is 22.3. The number of hydrogen-bond acceptors (Lipinski definition) is 1. The van der Waals surface area contributed by atoms with E-state index < -0.39 is 0 Å². The van der Waals surface area contributed by atoms with Crippen LogP contribution in [0.5, 0.6) is 0 Å². The lowest BCUT2D eigenvalue weighted by Gasteiger charge is -2.21. The lowest BCUT2D eigenvalue weighted by molar-refractivity contribution is 0.271. The highest BCUT2D eigenvalue weighted by molar-refractivity contribution is 4.65. The summed E-state index contributed by atoms with van der Waals surface area (Å²) in [5.74, 6) is 2.86. The minimum atomic E-state index is 0.871. The van der Waals surface area contributed by atoms with Gasteiger partial charge in [0.15, 0.2) is 0 Å². The summed E-state index contributed by atoms with van der Waals surface area (Å²) in [6, 6.07) is 0. The van der Waals surface area contributed by atoms with E-state index >= 15 is 0 Å². The molecule has 0 spiro atoms. The first kappa shape index (κ1) is 46.0. The molecule has 1 heteroatoms. The summed E-state index contributed by atoms with van der Waals surface area (Å²) in [6.45, 7) is 18.2. The smallest absolute Gasteiger partial charge is 0.00189 e. The van der Waals surface area contributed by atoms with E-state index in [1.165, 1.54) is 232 Å². The van der Waals surface area contributed by atoms with Crippen molar-refractivity contribution >= 4 is 0 Å². The average molecular weight is 648 g/mol. The Labute approximate surface area is 295 Å². The standard InChI is InChI=1S/C45H93N/c1-7-11-14-17-22-29-36-44(37-30-23-18-15-12-8-2)38-31-24-20-27-34-41-46(10-4)42-35-28-21-26-33-40-45(43(5)6)39-32-25-19-16-13-9-3/h43-45H,7-42H2,1-6H3. The molecule has 0 saturated carbocycles. The lowest BCUT2D eigenvalue weighted by atomic mass is 9.85. The van der Waals surface area contributed by atoms with Gasteiger partial charge in [0.2, 0.25) is 0 Å². The molecule has 0 aromatic rings. The Morgan fingerprint density at radius 1 is 0.326 bits per heavy atom. The Morgan fingerprint density at radius 3 is 0.913 bits per heavy atom. The van der Waals surface area contributed by atoms with Gasteiger partial charge >= 0.3 is 0 Å². The van der Waals surface area contributed by atoms with Crippen molar-refractivity contribution in [3.8, 4) is 0 Å². The number of unbranched alkanes of at least 4 members (excludes halogenated alkanes) is 23. The van der Waals surface area contributed by atoms with E-state index in [2.05, 4.69) is 46.4 Å². The monoisotopic (exact) mass is 648 g/mol. The molecule has 0 aliphatic heterocycles. The van der Waals surface area contributed by atoms with Crippen LogP contribution in [0.4, 0.5) is 0 Å². The zero-order valence-corrected chi connectivity index (χ0v) is 33.6. The second-order valence-corrected chi connectivity index (χ2v) is 16.1. The fourth-order valence-electron chi connectivity index (χ4n) is 7.86. The zero-order chi connectivity index (χ0) is 33.8. The molecule has 1 atom stereocenters. The third kappa shape index (κ3) is 32.5.